The fourth-order valence-electron chi connectivity index (χ4n) is 3.71. The van der Waals surface area contributed by atoms with Crippen LogP contribution in [-0.4, -0.2) is 29.4 Å². The van der Waals surface area contributed by atoms with Gasteiger partial charge in [-0.1, -0.05) is 26.7 Å². The first-order chi connectivity index (χ1) is 8.41. The smallest absolute Gasteiger partial charge is 0.242 e. The molecule has 0 aromatic carbocycles. The second-order valence-electron chi connectivity index (χ2n) is 6.80. The molecule has 112 valence electrons. The molecule has 3 nitrogen and oxygen atoms in total. The van der Waals surface area contributed by atoms with Crippen molar-refractivity contribution in [3.8, 4) is 0 Å². The summed E-state index contributed by atoms with van der Waals surface area (Å²) in [6, 6.07) is 0. The van der Waals surface area contributed by atoms with Gasteiger partial charge in [0.15, 0.2) is 0 Å². The van der Waals surface area contributed by atoms with E-state index in [-0.39, 0.29) is 18.3 Å². The summed E-state index contributed by atoms with van der Waals surface area (Å²) in [5, 5.41) is 0. The Hall–Kier alpha value is -0.280. The summed E-state index contributed by atoms with van der Waals surface area (Å²) in [4.78, 5) is 14.6. The molecule has 0 aromatic heterocycles. The molecule has 2 aliphatic rings. The Labute approximate surface area is 123 Å². The first-order valence-corrected chi connectivity index (χ1v) is 7.49. The van der Waals surface area contributed by atoms with E-state index in [1.807, 2.05) is 6.92 Å². The van der Waals surface area contributed by atoms with Crippen LogP contribution in [0, 0.1) is 11.3 Å². The van der Waals surface area contributed by atoms with Crippen LogP contribution in [-0.2, 0) is 4.79 Å². The lowest BCUT2D eigenvalue weighted by Gasteiger charge is -2.53. The highest BCUT2D eigenvalue weighted by molar-refractivity contribution is 5.86. The number of rotatable bonds is 3. The van der Waals surface area contributed by atoms with Crippen LogP contribution in [0.1, 0.15) is 59.3 Å². The highest BCUT2D eigenvalue weighted by atomic mass is 35.5. The van der Waals surface area contributed by atoms with Crippen molar-refractivity contribution in [2.75, 3.05) is 13.1 Å². The minimum Gasteiger partial charge on any atom is -0.341 e. The lowest BCUT2D eigenvalue weighted by Crippen LogP contribution is -2.60. The maximum absolute atomic E-state index is 12.5. The molecule has 0 aromatic rings. The number of likely N-dealkylation sites (tertiary alicyclic amines) is 1. The van der Waals surface area contributed by atoms with Gasteiger partial charge in [0.25, 0.3) is 0 Å². The van der Waals surface area contributed by atoms with E-state index in [9.17, 15) is 4.79 Å². The van der Waals surface area contributed by atoms with E-state index in [1.165, 1.54) is 19.3 Å². The lowest BCUT2D eigenvalue weighted by atomic mass is 9.59. The molecule has 1 amide bonds. The van der Waals surface area contributed by atoms with Crippen molar-refractivity contribution in [2.45, 2.75) is 64.8 Å². The third-order valence-electron chi connectivity index (χ3n) is 5.28. The highest BCUT2D eigenvalue weighted by Gasteiger charge is 2.47. The summed E-state index contributed by atoms with van der Waals surface area (Å²) in [5.74, 6) is 0.938. The molecule has 4 heteroatoms. The van der Waals surface area contributed by atoms with E-state index in [0.29, 0.717) is 5.41 Å². The first kappa shape index (κ1) is 16.8. The molecule has 1 aliphatic carbocycles. The normalized spacial score (nSPS) is 28.2. The zero-order valence-corrected chi connectivity index (χ0v) is 13.4. The summed E-state index contributed by atoms with van der Waals surface area (Å²) in [6.45, 7) is 8.19. The molecule has 2 rings (SSSR count). The van der Waals surface area contributed by atoms with Crippen molar-refractivity contribution in [3.05, 3.63) is 0 Å². The maximum atomic E-state index is 12.5. The van der Waals surface area contributed by atoms with Gasteiger partial charge in [0.1, 0.15) is 0 Å². The Morgan fingerprint density at radius 1 is 1.47 bits per heavy atom. The maximum Gasteiger partial charge on any atom is 0.242 e. The largest absolute Gasteiger partial charge is 0.341 e. The minimum absolute atomic E-state index is 0. The molecular weight excluding hydrogens is 260 g/mol. The van der Waals surface area contributed by atoms with Crippen molar-refractivity contribution >= 4 is 18.3 Å². The summed E-state index contributed by atoms with van der Waals surface area (Å²) >= 11 is 0. The monoisotopic (exact) mass is 288 g/mol. The third kappa shape index (κ3) is 3.08. The van der Waals surface area contributed by atoms with Gasteiger partial charge in [0.05, 0.1) is 5.54 Å². The summed E-state index contributed by atoms with van der Waals surface area (Å²) in [5.41, 5.74) is 5.95. The van der Waals surface area contributed by atoms with Gasteiger partial charge in [-0.3, -0.25) is 4.79 Å². The van der Waals surface area contributed by atoms with E-state index in [4.69, 9.17) is 5.73 Å². The van der Waals surface area contributed by atoms with Crippen LogP contribution in [0.3, 0.4) is 0 Å². The van der Waals surface area contributed by atoms with E-state index in [0.717, 1.165) is 38.3 Å². The number of carbonyl (C=O) groups is 1. The van der Waals surface area contributed by atoms with Crippen molar-refractivity contribution in [3.63, 3.8) is 0 Å². The van der Waals surface area contributed by atoms with Crippen LogP contribution in [0.4, 0.5) is 0 Å². The molecule has 19 heavy (non-hydrogen) atoms. The molecule has 2 N–H and O–H groups in total. The molecule has 1 saturated carbocycles. The molecule has 2 fully saturated rings. The van der Waals surface area contributed by atoms with Crippen molar-refractivity contribution in [2.24, 2.45) is 17.1 Å². The van der Waals surface area contributed by atoms with Gasteiger partial charge in [-0.25, -0.2) is 0 Å². The number of hydrogen-bond donors (Lipinski definition) is 1. The number of hydrogen-bond acceptors (Lipinski definition) is 2. The van der Waals surface area contributed by atoms with Crippen molar-refractivity contribution in [1.82, 2.24) is 4.90 Å². The fourth-order valence-corrected chi connectivity index (χ4v) is 3.71. The average Bonchev–Trinajstić information content (AvgIpc) is 2.26. The van der Waals surface area contributed by atoms with Crippen molar-refractivity contribution in [1.29, 1.82) is 0 Å². The van der Waals surface area contributed by atoms with Crippen LogP contribution < -0.4 is 5.73 Å². The molecular formula is C15H29ClN2O. The van der Waals surface area contributed by atoms with Gasteiger partial charge < -0.3 is 10.6 Å². The van der Waals surface area contributed by atoms with Crippen LogP contribution in [0.2, 0.25) is 0 Å². The van der Waals surface area contributed by atoms with Gasteiger partial charge in [0, 0.05) is 13.1 Å². The van der Waals surface area contributed by atoms with Crippen LogP contribution >= 0.6 is 12.4 Å². The third-order valence-corrected chi connectivity index (χ3v) is 5.28. The second-order valence-corrected chi connectivity index (χ2v) is 6.80. The zero-order chi connectivity index (χ0) is 13.4. The quantitative estimate of drug-likeness (QED) is 0.868. The number of piperidine rings is 1. The van der Waals surface area contributed by atoms with Crippen LogP contribution in [0.15, 0.2) is 0 Å². The highest BCUT2D eigenvalue weighted by Crippen LogP contribution is 2.51. The Kier molecular flexibility index (Phi) is 5.30. The molecule has 0 radical (unpaired) electrons. The number of amides is 1. The van der Waals surface area contributed by atoms with E-state index in [2.05, 4.69) is 18.7 Å². The molecule has 2 atom stereocenters. The Morgan fingerprint density at radius 2 is 2.11 bits per heavy atom. The van der Waals surface area contributed by atoms with Gasteiger partial charge in [0.2, 0.25) is 5.91 Å². The molecule has 1 aliphatic heterocycles. The van der Waals surface area contributed by atoms with E-state index < -0.39 is 5.54 Å². The Bertz CT molecular complexity index is 326. The van der Waals surface area contributed by atoms with Gasteiger partial charge in [-0.15, -0.1) is 12.4 Å². The summed E-state index contributed by atoms with van der Waals surface area (Å²) in [6.07, 6.45) is 6.83. The molecule has 2 unspecified atom stereocenters. The number of halogens is 1. The fraction of sp³-hybridized carbons (Fsp3) is 0.933. The lowest BCUT2D eigenvalue weighted by molar-refractivity contribution is -0.144. The van der Waals surface area contributed by atoms with E-state index in [1.54, 1.807) is 0 Å². The Balaban J connectivity index is 0.00000180. The number of carbonyl (C=O) groups excluding carboxylic acids is 1. The van der Waals surface area contributed by atoms with Crippen LogP contribution in [0.25, 0.3) is 0 Å². The molecule has 1 spiro atoms. The zero-order valence-electron chi connectivity index (χ0n) is 12.6. The van der Waals surface area contributed by atoms with Gasteiger partial charge in [-0.2, -0.15) is 0 Å². The SMILES string of the molecule is CCCC(C)(N)C(=O)N1CCC(C)C2(CCC2)C1.Cl. The topological polar surface area (TPSA) is 46.3 Å². The predicted molar refractivity (Wildman–Crippen MR) is 81.4 cm³/mol. The molecule has 1 heterocycles. The Morgan fingerprint density at radius 3 is 2.58 bits per heavy atom. The summed E-state index contributed by atoms with van der Waals surface area (Å²) in [7, 11) is 0. The minimum atomic E-state index is -0.666. The predicted octanol–water partition coefficient (Wildman–Crippen LogP) is 2.96. The van der Waals surface area contributed by atoms with Gasteiger partial charge in [-0.05, 0) is 43.9 Å². The molecule has 0 bridgehead atoms. The van der Waals surface area contributed by atoms with Crippen LogP contribution in [0.5, 0.6) is 0 Å². The van der Waals surface area contributed by atoms with Gasteiger partial charge >= 0.3 is 0 Å². The number of nitrogens with two attached hydrogens (primary N) is 1. The number of nitrogens with zero attached hydrogens (tertiary/aromatic N) is 1. The van der Waals surface area contributed by atoms with E-state index >= 15 is 0 Å². The average molecular weight is 289 g/mol. The summed E-state index contributed by atoms with van der Waals surface area (Å²) < 4.78 is 0. The standard InChI is InChI=1S/C15H28N2O.ClH/c1-4-7-14(3,16)13(18)17-10-6-12(2)15(11-17)8-5-9-15;/h12H,4-11,16H2,1-3H3;1H. The van der Waals surface area contributed by atoms with Crippen molar-refractivity contribution < 1.29 is 4.79 Å². The first-order valence-electron chi connectivity index (χ1n) is 7.49. The second kappa shape index (κ2) is 6.01. The molecule has 1 saturated heterocycles.